The molecule has 0 spiro atoms. The molecule has 0 saturated heterocycles. The van der Waals surface area contributed by atoms with Crippen molar-refractivity contribution in [3.63, 3.8) is 0 Å². The fraction of sp³-hybridized carbons (Fsp3) is 0.148. The van der Waals surface area contributed by atoms with Crippen LogP contribution in [0.25, 0.3) is 5.69 Å². The van der Waals surface area contributed by atoms with E-state index in [9.17, 15) is 9.59 Å². The summed E-state index contributed by atoms with van der Waals surface area (Å²) in [7, 11) is 1.69. The fourth-order valence-corrected chi connectivity index (χ4v) is 4.09. The number of aromatic nitrogens is 2. The van der Waals surface area contributed by atoms with E-state index in [4.69, 9.17) is 30.9 Å². The largest absolute Gasteiger partial charge is 0.487 e. The van der Waals surface area contributed by atoms with Crippen LogP contribution in [0.2, 0.25) is 5.02 Å². The average Bonchev–Trinajstić information content (AvgIpc) is 3.50. The molecule has 0 fully saturated rings. The van der Waals surface area contributed by atoms with Gasteiger partial charge in [-0.3, -0.25) is 4.79 Å². The standard InChI is InChI=1S/C27H22ClN3O6/c1-16-25(28)22(14-35-21-9-6-17(7-10-21)27(33)34)31(29-16)20-5-3-4-18(12-20)26(32)30(2)19-8-11-23-24(13-19)37-15-36-23/h3-13H,14-15H2,1-2H3,(H,33,34). The van der Waals surface area contributed by atoms with Gasteiger partial charge in [0.2, 0.25) is 6.79 Å². The van der Waals surface area contributed by atoms with E-state index in [2.05, 4.69) is 5.10 Å². The summed E-state index contributed by atoms with van der Waals surface area (Å²) in [5, 5.41) is 14.1. The number of carboxylic acid groups (broad SMARTS) is 1. The lowest BCUT2D eigenvalue weighted by Crippen LogP contribution is -2.26. The Morgan fingerprint density at radius 2 is 1.81 bits per heavy atom. The Kier molecular flexibility index (Phi) is 6.45. The molecule has 9 nitrogen and oxygen atoms in total. The zero-order valence-electron chi connectivity index (χ0n) is 20.0. The van der Waals surface area contributed by atoms with E-state index in [1.807, 2.05) is 6.07 Å². The van der Waals surface area contributed by atoms with Crippen LogP contribution in [0.15, 0.2) is 66.7 Å². The predicted octanol–water partition coefficient (Wildman–Crippen LogP) is 5.12. The highest BCUT2D eigenvalue weighted by atomic mass is 35.5. The number of aromatic carboxylic acids is 1. The van der Waals surface area contributed by atoms with Gasteiger partial charge >= 0.3 is 5.97 Å². The third-order valence-corrected chi connectivity index (χ3v) is 6.43. The van der Waals surface area contributed by atoms with Crippen molar-refractivity contribution in [2.24, 2.45) is 0 Å². The van der Waals surface area contributed by atoms with E-state index < -0.39 is 5.97 Å². The van der Waals surface area contributed by atoms with Crippen molar-refractivity contribution in [2.45, 2.75) is 13.5 Å². The number of carbonyl (C=O) groups excluding carboxylic acids is 1. The van der Waals surface area contributed by atoms with Gasteiger partial charge in [-0.15, -0.1) is 0 Å². The fourth-order valence-electron chi connectivity index (χ4n) is 3.91. The second-order valence-corrected chi connectivity index (χ2v) is 8.71. The summed E-state index contributed by atoms with van der Waals surface area (Å²) in [5.41, 5.74) is 3.13. The van der Waals surface area contributed by atoms with E-state index in [0.717, 1.165) is 0 Å². The number of halogens is 1. The SMILES string of the molecule is Cc1nn(-c2cccc(C(=O)N(C)c3ccc4c(c3)OCO4)c2)c(COc2ccc(C(=O)O)cc2)c1Cl. The number of rotatable bonds is 7. The lowest BCUT2D eigenvalue weighted by molar-refractivity contribution is 0.0696. The summed E-state index contributed by atoms with van der Waals surface area (Å²) >= 11 is 6.54. The lowest BCUT2D eigenvalue weighted by atomic mass is 10.1. The van der Waals surface area contributed by atoms with Gasteiger partial charge < -0.3 is 24.2 Å². The molecule has 0 unspecified atom stereocenters. The minimum atomic E-state index is -1.01. The van der Waals surface area contributed by atoms with Crippen molar-refractivity contribution in [1.82, 2.24) is 9.78 Å². The first kappa shape index (κ1) is 24.2. The molecule has 0 aliphatic carbocycles. The van der Waals surface area contributed by atoms with Gasteiger partial charge in [0.25, 0.3) is 5.91 Å². The molecule has 0 bridgehead atoms. The molecule has 188 valence electrons. The van der Waals surface area contributed by atoms with Crippen LogP contribution in [0.4, 0.5) is 5.69 Å². The van der Waals surface area contributed by atoms with Crippen LogP contribution in [0, 0.1) is 6.92 Å². The molecule has 4 aromatic rings. The molecule has 0 saturated carbocycles. The van der Waals surface area contributed by atoms with Gasteiger partial charge in [0.15, 0.2) is 11.5 Å². The van der Waals surface area contributed by atoms with Gasteiger partial charge in [0.1, 0.15) is 18.1 Å². The van der Waals surface area contributed by atoms with E-state index in [0.29, 0.717) is 50.6 Å². The highest BCUT2D eigenvalue weighted by Gasteiger charge is 2.21. The van der Waals surface area contributed by atoms with Crippen molar-refractivity contribution >= 4 is 29.2 Å². The quantitative estimate of drug-likeness (QED) is 0.361. The summed E-state index contributed by atoms with van der Waals surface area (Å²) in [4.78, 5) is 25.9. The van der Waals surface area contributed by atoms with Crippen LogP contribution in [0.1, 0.15) is 32.1 Å². The Labute approximate surface area is 217 Å². The maximum absolute atomic E-state index is 13.3. The Morgan fingerprint density at radius 1 is 1.05 bits per heavy atom. The van der Waals surface area contributed by atoms with Crippen molar-refractivity contribution in [2.75, 3.05) is 18.7 Å². The van der Waals surface area contributed by atoms with Gasteiger partial charge in [-0.1, -0.05) is 17.7 Å². The summed E-state index contributed by atoms with van der Waals surface area (Å²) in [6.45, 7) is 2.03. The minimum absolute atomic E-state index is 0.0847. The number of anilines is 1. The third kappa shape index (κ3) is 4.81. The van der Waals surface area contributed by atoms with Gasteiger partial charge in [-0.25, -0.2) is 9.48 Å². The number of fused-ring (bicyclic) bond motifs is 1. The van der Waals surface area contributed by atoms with Crippen molar-refractivity contribution in [1.29, 1.82) is 0 Å². The first-order valence-electron chi connectivity index (χ1n) is 11.3. The maximum Gasteiger partial charge on any atom is 0.335 e. The first-order chi connectivity index (χ1) is 17.8. The first-order valence-corrected chi connectivity index (χ1v) is 11.7. The van der Waals surface area contributed by atoms with Crippen molar-refractivity contribution < 1.29 is 28.9 Å². The van der Waals surface area contributed by atoms with Crippen LogP contribution >= 0.6 is 11.6 Å². The molecule has 1 aliphatic heterocycles. The number of carbonyl (C=O) groups is 2. The second-order valence-electron chi connectivity index (χ2n) is 8.33. The topological polar surface area (TPSA) is 103 Å². The van der Waals surface area contributed by atoms with E-state index in [1.165, 1.54) is 17.0 Å². The zero-order valence-corrected chi connectivity index (χ0v) is 20.7. The zero-order chi connectivity index (χ0) is 26.1. The normalized spacial score (nSPS) is 11.9. The molecule has 1 aliphatic rings. The van der Waals surface area contributed by atoms with Crippen molar-refractivity contribution in [3.8, 4) is 22.9 Å². The van der Waals surface area contributed by atoms with Crippen LogP contribution < -0.4 is 19.1 Å². The van der Waals surface area contributed by atoms with E-state index >= 15 is 0 Å². The number of nitrogens with zero attached hydrogens (tertiary/aromatic N) is 3. The second kappa shape index (κ2) is 9.87. The monoisotopic (exact) mass is 519 g/mol. The van der Waals surface area contributed by atoms with Crippen LogP contribution in [0.3, 0.4) is 0 Å². The summed E-state index contributed by atoms with van der Waals surface area (Å²) < 4.78 is 18.3. The van der Waals surface area contributed by atoms with Gasteiger partial charge in [-0.2, -0.15) is 5.10 Å². The molecule has 1 N–H and O–H groups in total. The van der Waals surface area contributed by atoms with Crippen LogP contribution in [-0.4, -0.2) is 40.6 Å². The molecular formula is C27H22ClN3O6. The highest BCUT2D eigenvalue weighted by molar-refractivity contribution is 6.31. The van der Waals surface area contributed by atoms with Gasteiger partial charge in [0, 0.05) is 24.4 Å². The van der Waals surface area contributed by atoms with Gasteiger partial charge in [-0.05, 0) is 61.5 Å². The van der Waals surface area contributed by atoms with E-state index in [1.54, 1.807) is 67.2 Å². The number of ether oxygens (including phenoxy) is 3. The predicted molar refractivity (Wildman–Crippen MR) is 136 cm³/mol. The Balaban J connectivity index is 1.39. The Hall–Kier alpha value is -4.50. The smallest absolute Gasteiger partial charge is 0.335 e. The van der Waals surface area contributed by atoms with E-state index in [-0.39, 0.29) is 24.9 Å². The number of carboxylic acids is 1. The molecular weight excluding hydrogens is 498 g/mol. The molecule has 37 heavy (non-hydrogen) atoms. The number of benzene rings is 3. The Morgan fingerprint density at radius 3 is 2.57 bits per heavy atom. The minimum Gasteiger partial charge on any atom is -0.487 e. The molecule has 2 heterocycles. The highest BCUT2D eigenvalue weighted by Crippen LogP contribution is 2.35. The summed E-state index contributed by atoms with van der Waals surface area (Å²) in [6, 6.07) is 18.5. The molecule has 5 rings (SSSR count). The maximum atomic E-state index is 13.3. The number of hydrogen-bond donors (Lipinski definition) is 1. The molecule has 0 atom stereocenters. The molecule has 0 radical (unpaired) electrons. The third-order valence-electron chi connectivity index (χ3n) is 5.94. The molecule has 1 amide bonds. The van der Waals surface area contributed by atoms with Crippen LogP contribution in [-0.2, 0) is 6.61 Å². The summed E-state index contributed by atoms with van der Waals surface area (Å²) in [6.07, 6.45) is 0. The van der Waals surface area contributed by atoms with Crippen molar-refractivity contribution in [3.05, 3.63) is 94.3 Å². The average molecular weight is 520 g/mol. The lowest BCUT2D eigenvalue weighted by Gasteiger charge is -2.18. The summed E-state index contributed by atoms with van der Waals surface area (Å²) in [5.74, 6) is 0.495. The molecule has 3 aromatic carbocycles. The number of aryl methyl sites for hydroxylation is 1. The number of hydrogen-bond acceptors (Lipinski definition) is 6. The Bertz CT molecular complexity index is 1500. The van der Waals surface area contributed by atoms with Gasteiger partial charge in [0.05, 0.1) is 22.0 Å². The molecule has 1 aromatic heterocycles. The molecule has 10 heteroatoms. The van der Waals surface area contributed by atoms with Crippen LogP contribution in [0.5, 0.6) is 17.2 Å². The number of amides is 1.